The van der Waals surface area contributed by atoms with Gasteiger partial charge in [0.1, 0.15) is 0 Å². The van der Waals surface area contributed by atoms with Gasteiger partial charge in [0, 0.05) is 19.3 Å². The maximum atomic E-state index is 11.8. The average Bonchev–Trinajstić information content (AvgIpc) is 2.30. The Morgan fingerprint density at radius 2 is 2.12 bits per heavy atom. The summed E-state index contributed by atoms with van der Waals surface area (Å²) in [6.07, 6.45) is 3.19. The summed E-state index contributed by atoms with van der Waals surface area (Å²) in [6, 6.07) is 0. The van der Waals surface area contributed by atoms with E-state index < -0.39 is 0 Å². The molecular formula is C11H17BrN4O. The van der Waals surface area contributed by atoms with Crippen LogP contribution in [0.5, 0.6) is 0 Å². The molecule has 6 heteroatoms. The monoisotopic (exact) mass is 300 g/mol. The highest BCUT2D eigenvalue weighted by Crippen LogP contribution is 2.26. The summed E-state index contributed by atoms with van der Waals surface area (Å²) >= 11 is 3.34. The number of nitrogens with one attached hydrogen (secondary N) is 1. The van der Waals surface area contributed by atoms with E-state index >= 15 is 0 Å². The number of hydrogen-bond donors (Lipinski definition) is 2. The Balaban J connectivity index is 2.64. The normalized spacial score (nSPS) is 10.1. The second kappa shape index (κ2) is 6.44. The summed E-state index contributed by atoms with van der Waals surface area (Å²) in [4.78, 5) is 17.5. The van der Waals surface area contributed by atoms with Crippen molar-refractivity contribution in [2.24, 2.45) is 0 Å². The van der Waals surface area contributed by atoms with Crippen molar-refractivity contribution in [3.05, 3.63) is 16.9 Å². The second-order valence-electron chi connectivity index (χ2n) is 3.51. The van der Waals surface area contributed by atoms with Crippen molar-refractivity contribution in [3.8, 4) is 0 Å². The summed E-state index contributed by atoms with van der Waals surface area (Å²) in [5.41, 5.74) is 7.00. The molecule has 0 unspecified atom stereocenters. The number of nitrogen functional groups attached to an aromatic ring is 1. The van der Waals surface area contributed by atoms with Crippen molar-refractivity contribution in [3.63, 3.8) is 0 Å². The Kier molecular flexibility index (Phi) is 5.21. The first-order chi connectivity index (χ1) is 8.10. The van der Waals surface area contributed by atoms with Crippen LogP contribution in [0.4, 0.5) is 11.4 Å². The van der Waals surface area contributed by atoms with E-state index in [1.54, 1.807) is 17.3 Å². The van der Waals surface area contributed by atoms with E-state index in [2.05, 4.69) is 26.2 Å². The van der Waals surface area contributed by atoms with Crippen LogP contribution < -0.4 is 11.1 Å². The van der Waals surface area contributed by atoms with Crippen LogP contribution in [0.2, 0.25) is 0 Å². The van der Waals surface area contributed by atoms with Gasteiger partial charge in [-0.1, -0.05) is 0 Å². The first kappa shape index (κ1) is 13.8. The van der Waals surface area contributed by atoms with Crippen molar-refractivity contribution in [2.45, 2.75) is 13.8 Å². The molecular weight excluding hydrogens is 284 g/mol. The number of pyridine rings is 1. The van der Waals surface area contributed by atoms with Crippen LogP contribution in [0.1, 0.15) is 13.8 Å². The van der Waals surface area contributed by atoms with Gasteiger partial charge in [0.2, 0.25) is 5.91 Å². The Morgan fingerprint density at radius 3 is 2.65 bits per heavy atom. The zero-order chi connectivity index (χ0) is 12.8. The van der Waals surface area contributed by atoms with E-state index in [1.165, 1.54) is 0 Å². The average molecular weight is 301 g/mol. The Hall–Kier alpha value is -1.30. The third-order valence-corrected chi connectivity index (χ3v) is 3.06. The van der Waals surface area contributed by atoms with Crippen LogP contribution in [0.3, 0.4) is 0 Å². The van der Waals surface area contributed by atoms with Gasteiger partial charge in [-0.2, -0.15) is 0 Å². The summed E-state index contributed by atoms with van der Waals surface area (Å²) in [5.74, 6) is 0.0538. The lowest BCUT2D eigenvalue weighted by atomic mass is 10.3. The van der Waals surface area contributed by atoms with Crippen LogP contribution >= 0.6 is 15.9 Å². The highest BCUT2D eigenvalue weighted by Gasteiger charge is 2.11. The standard InChI is InChI=1S/C11H17BrN4O/c1-3-16(4-2)10(17)7-15-11-8(12)5-14-6-9(11)13/h5-6H,3-4,7,13H2,1-2H3,(H,14,15). The SMILES string of the molecule is CCN(CC)C(=O)CNc1c(N)cncc1Br. The number of carbonyl (C=O) groups is 1. The van der Waals surface area contributed by atoms with Crippen LogP contribution in [0.15, 0.2) is 16.9 Å². The molecule has 0 fully saturated rings. The molecule has 94 valence electrons. The van der Waals surface area contributed by atoms with E-state index in [9.17, 15) is 4.79 Å². The number of hydrogen-bond acceptors (Lipinski definition) is 4. The molecule has 0 aliphatic heterocycles. The Labute approximate surface area is 110 Å². The molecule has 0 spiro atoms. The van der Waals surface area contributed by atoms with Gasteiger partial charge < -0.3 is 16.0 Å². The Morgan fingerprint density at radius 1 is 1.47 bits per heavy atom. The molecule has 0 saturated carbocycles. The van der Waals surface area contributed by atoms with Gasteiger partial charge >= 0.3 is 0 Å². The smallest absolute Gasteiger partial charge is 0.241 e. The number of nitrogens with two attached hydrogens (primary N) is 1. The molecule has 1 aromatic heterocycles. The first-order valence-electron chi connectivity index (χ1n) is 5.50. The van der Waals surface area contributed by atoms with Crippen LogP contribution in [-0.2, 0) is 4.79 Å². The summed E-state index contributed by atoms with van der Waals surface area (Å²) in [5, 5.41) is 3.03. The van der Waals surface area contributed by atoms with Crippen LogP contribution in [0.25, 0.3) is 0 Å². The van der Waals surface area contributed by atoms with Gasteiger partial charge in [0.15, 0.2) is 0 Å². The number of aromatic nitrogens is 1. The minimum Gasteiger partial charge on any atom is -0.396 e. The molecule has 0 aromatic carbocycles. The molecule has 1 aromatic rings. The predicted octanol–water partition coefficient (Wildman–Crippen LogP) is 1.71. The van der Waals surface area contributed by atoms with Crippen molar-refractivity contribution in [1.29, 1.82) is 0 Å². The van der Waals surface area contributed by atoms with E-state index in [4.69, 9.17) is 5.73 Å². The molecule has 0 saturated heterocycles. The molecule has 0 radical (unpaired) electrons. The third-order valence-electron chi connectivity index (χ3n) is 2.46. The molecule has 0 atom stereocenters. The van der Waals surface area contributed by atoms with Crippen LogP contribution in [0, 0.1) is 0 Å². The minimum atomic E-state index is 0.0538. The topological polar surface area (TPSA) is 71.2 Å². The number of rotatable bonds is 5. The van der Waals surface area contributed by atoms with Gasteiger partial charge in [-0.05, 0) is 29.8 Å². The van der Waals surface area contributed by atoms with Gasteiger partial charge in [0.25, 0.3) is 0 Å². The fourth-order valence-corrected chi connectivity index (χ4v) is 1.98. The zero-order valence-corrected chi connectivity index (χ0v) is 11.6. The number of amides is 1. The molecule has 17 heavy (non-hydrogen) atoms. The van der Waals surface area contributed by atoms with Gasteiger partial charge in [-0.25, -0.2) is 0 Å². The lowest BCUT2D eigenvalue weighted by molar-refractivity contribution is -0.128. The van der Waals surface area contributed by atoms with Gasteiger partial charge in [0.05, 0.1) is 28.6 Å². The van der Waals surface area contributed by atoms with Gasteiger partial charge in [-0.15, -0.1) is 0 Å². The molecule has 1 rings (SSSR count). The molecule has 0 aliphatic carbocycles. The summed E-state index contributed by atoms with van der Waals surface area (Å²) < 4.78 is 0.754. The zero-order valence-electron chi connectivity index (χ0n) is 10.0. The van der Waals surface area contributed by atoms with E-state index in [0.29, 0.717) is 24.5 Å². The fraction of sp³-hybridized carbons (Fsp3) is 0.455. The Bertz CT molecular complexity index is 373. The molecule has 1 heterocycles. The number of likely N-dealkylation sites (N-methyl/N-ethyl adjacent to an activating group) is 1. The lowest BCUT2D eigenvalue weighted by Gasteiger charge is -2.19. The third kappa shape index (κ3) is 3.59. The molecule has 3 N–H and O–H groups in total. The quantitative estimate of drug-likeness (QED) is 0.868. The largest absolute Gasteiger partial charge is 0.396 e. The minimum absolute atomic E-state index is 0.0538. The number of nitrogens with zero attached hydrogens (tertiary/aromatic N) is 2. The highest BCUT2D eigenvalue weighted by molar-refractivity contribution is 9.10. The number of carbonyl (C=O) groups excluding carboxylic acids is 1. The highest BCUT2D eigenvalue weighted by atomic mass is 79.9. The fourth-order valence-electron chi connectivity index (χ4n) is 1.49. The van der Waals surface area contributed by atoms with E-state index in [1.807, 2.05) is 13.8 Å². The first-order valence-corrected chi connectivity index (χ1v) is 6.30. The second-order valence-corrected chi connectivity index (χ2v) is 4.36. The molecule has 0 bridgehead atoms. The number of halogens is 1. The maximum Gasteiger partial charge on any atom is 0.241 e. The molecule has 5 nitrogen and oxygen atoms in total. The van der Waals surface area contributed by atoms with Gasteiger partial charge in [-0.3, -0.25) is 9.78 Å². The van der Waals surface area contributed by atoms with Crippen molar-refractivity contribution >= 4 is 33.2 Å². The molecule has 1 amide bonds. The van der Waals surface area contributed by atoms with E-state index in [0.717, 1.165) is 4.47 Å². The van der Waals surface area contributed by atoms with E-state index in [-0.39, 0.29) is 12.5 Å². The molecule has 0 aliphatic rings. The van der Waals surface area contributed by atoms with Crippen molar-refractivity contribution in [1.82, 2.24) is 9.88 Å². The summed E-state index contributed by atoms with van der Waals surface area (Å²) in [6.45, 7) is 5.57. The summed E-state index contributed by atoms with van der Waals surface area (Å²) in [7, 11) is 0. The van der Waals surface area contributed by atoms with Crippen molar-refractivity contribution in [2.75, 3.05) is 30.7 Å². The maximum absolute atomic E-state index is 11.8. The predicted molar refractivity (Wildman–Crippen MR) is 72.8 cm³/mol. The van der Waals surface area contributed by atoms with Crippen LogP contribution in [-0.4, -0.2) is 35.4 Å². The van der Waals surface area contributed by atoms with Crippen molar-refractivity contribution < 1.29 is 4.79 Å². The lowest BCUT2D eigenvalue weighted by Crippen LogP contribution is -2.35. The number of anilines is 2.